The minimum absolute atomic E-state index is 0.00193. The van der Waals surface area contributed by atoms with Gasteiger partial charge in [-0.25, -0.2) is 4.98 Å². The molecule has 1 amide bonds. The molecule has 0 fully saturated rings. The summed E-state index contributed by atoms with van der Waals surface area (Å²) in [7, 11) is 0. The second-order valence-corrected chi connectivity index (χ2v) is 9.16. The van der Waals surface area contributed by atoms with Crippen LogP contribution in [0.2, 0.25) is 0 Å². The van der Waals surface area contributed by atoms with Gasteiger partial charge in [-0.3, -0.25) is 4.79 Å². The van der Waals surface area contributed by atoms with E-state index in [2.05, 4.69) is 17.1 Å². The van der Waals surface area contributed by atoms with E-state index in [0.29, 0.717) is 19.7 Å². The summed E-state index contributed by atoms with van der Waals surface area (Å²) >= 11 is 4.94. The Morgan fingerprint density at radius 1 is 0.963 bits per heavy atom. The summed E-state index contributed by atoms with van der Waals surface area (Å²) in [4.78, 5) is 21.5. The third kappa shape index (κ3) is 4.81. The van der Waals surface area contributed by atoms with E-state index in [9.17, 15) is 4.79 Å². The Kier molecular flexibility index (Phi) is 5.94. The fourth-order valence-electron chi connectivity index (χ4n) is 2.71. The van der Waals surface area contributed by atoms with Gasteiger partial charge >= 0.3 is 0 Å². The van der Waals surface area contributed by atoms with Gasteiger partial charge < -0.3 is 9.64 Å². The Morgan fingerprint density at radius 2 is 1.67 bits per heavy atom. The molecule has 3 heterocycles. The van der Waals surface area contributed by atoms with Gasteiger partial charge in [0, 0.05) is 9.75 Å². The number of nitrogens with zero attached hydrogens (tertiary/aromatic N) is 2. The molecule has 0 aliphatic rings. The molecule has 1 aromatic carbocycles. The van der Waals surface area contributed by atoms with Crippen LogP contribution in [0, 0.1) is 0 Å². The lowest BCUT2D eigenvalue weighted by Gasteiger charge is -2.21. The first-order valence-electron chi connectivity index (χ1n) is 8.52. The lowest BCUT2D eigenvalue weighted by atomic mass is 10.3. The molecule has 27 heavy (non-hydrogen) atoms. The Hall–Kier alpha value is -2.06. The van der Waals surface area contributed by atoms with E-state index < -0.39 is 0 Å². The number of aromatic nitrogens is 1. The number of benzene rings is 1. The van der Waals surface area contributed by atoms with E-state index in [0.717, 1.165) is 15.2 Å². The lowest BCUT2D eigenvalue weighted by molar-refractivity contribution is -0.137. The molecule has 0 spiro atoms. The van der Waals surface area contributed by atoms with Crippen molar-refractivity contribution in [3.05, 3.63) is 74.1 Å². The van der Waals surface area contributed by atoms with E-state index in [-0.39, 0.29) is 12.5 Å². The zero-order chi connectivity index (χ0) is 18.5. The van der Waals surface area contributed by atoms with Crippen LogP contribution in [0.1, 0.15) is 14.8 Å². The number of thiophene rings is 2. The summed E-state index contributed by atoms with van der Waals surface area (Å²) in [5, 5.41) is 4.96. The van der Waals surface area contributed by atoms with Crippen LogP contribution in [0.5, 0.6) is 0 Å². The standard InChI is InChI=1S/C20H18N2O2S3/c23-20(14-24-13-19-21-17-7-1-2-8-18(17)27-19)22(11-15-5-3-9-25-15)12-16-6-4-10-26-16/h1-10H,11-14H2. The zero-order valence-electron chi connectivity index (χ0n) is 14.5. The van der Waals surface area contributed by atoms with Crippen LogP contribution in [0.25, 0.3) is 10.2 Å². The second-order valence-electron chi connectivity index (χ2n) is 5.98. The van der Waals surface area contributed by atoms with Crippen LogP contribution in [0.4, 0.5) is 0 Å². The van der Waals surface area contributed by atoms with Crippen LogP contribution in [-0.2, 0) is 29.2 Å². The number of hydrogen-bond acceptors (Lipinski definition) is 6. The minimum Gasteiger partial charge on any atom is -0.364 e. The Balaban J connectivity index is 1.36. The van der Waals surface area contributed by atoms with Crippen molar-refractivity contribution in [2.24, 2.45) is 0 Å². The molecule has 138 valence electrons. The molecule has 0 N–H and O–H groups in total. The molecular formula is C20H18N2O2S3. The predicted molar refractivity (Wildman–Crippen MR) is 112 cm³/mol. The van der Waals surface area contributed by atoms with Gasteiger partial charge in [-0.1, -0.05) is 24.3 Å². The summed E-state index contributed by atoms with van der Waals surface area (Å²) in [6.45, 7) is 1.64. The van der Waals surface area contributed by atoms with Crippen molar-refractivity contribution in [2.45, 2.75) is 19.7 Å². The zero-order valence-corrected chi connectivity index (χ0v) is 17.0. The van der Waals surface area contributed by atoms with Gasteiger partial charge in [0.2, 0.25) is 5.91 Å². The molecule has 4 nitrogen and oxygen atoms in total. The maximum absolute atomic E-state index is 12.8. The molecule has 0 radical (unpaired) electrons. The van der Waals surface area contributed by atoms with Crippen LogP contribution in [-0.4, -0.2) is 22.4 Å². The Labute approximate surface area is 169 Å². The molecule has 4 rings (SSSR count). The normalized spacial score (nSPS) is 11.1. The highest BCUT2D eigenvalue weighted by Gasteiger charge is 2.16. The number of thiazole rings is 1. The third-order valence-corrected chi connectivity index (χ3v) is 6.73. The topological polar surface area (TPSA) is 42.4 Å². The fraction of sp³-hybridized carbons (Fsp3) is 0.200. The van der Waals surface area contributed by atoms with Gasteiger partial charge in [-0.15, -0.1) is 34.0 Å². The van der Waals surface area contributed by atoms with Crippen LogP contribution in [0.15, 0.2) is 59.3 Å². The van der Waals surface area contributed by atoms with Gasteiger partial charge in [0.05, 0.1) is 29.9 Å². The number of amides is 1. The number of rotatable bonds is 8. The second kappa shape index (κ2) is 8.75. The van der Waals surface area contributed by atoms with Crippen molar-refractivity contribution in [1.29, 1.82) is 0 Å². The summed E-state index contributed by atoms with van der Waals surface area (Å²) in [6, 6.07) is 16.2. The number of fused-ring (bicyclic) bond motifs is 1. The van der Waals surface area contributed by atoms with Crippen LogP contribution >= 0.6 is 34.0 Å². The van der Waals surface area contributed by atoms with E-state index in [1.165, 1.54) is 9.75 Å². The first kappa shape index (κ1) is 18.3. The summed E-state index contributed by atoms with van der Waals surface area (Å²) < 4.78 is 6.83. The summed E-state index contributed by atoms with van der Waals surface area (Å²) in [5.74, 6) is -0.00193. The average molecular weight is 415 g/mol. The van der Waals surface area contributed by atoms with Crippen molar-refractivity contribution in [3.63, 3.8) is 0 Å². The van der Waals surface area contributed by atoms with Crippen molar-refractivity contribution in [3.8, 4) is 0 Å². The van der Waals surface area contributed by atoms with Gasteiger partial charge in [0.15, 0.2) is 0 Å². The first-order chi connectivity index (χ1) is 13.3. The van der Waals surface area contributed by atoms with Crippen molar-refractivity contribution in [2.75, 3.05) is 6.61 Å². The maximum atomic E-state index is 12.8. The summed E-state index contributed by atoms with van der Waals surface area (Å²) in [5.41, 5.74) is 0.976. The molecule has 3 aromatic heterocycles. The van der Waals surface area contributed by atoms with Gasteiger partial charge in [-0.05, 0) is 35.0 Å². The molecule has 0 unspecified atom stereocenters. The molecule has 0 aliphatic heterocycles. The van der Waals surface area contributed by atoms with Crippen LogP contribution < -0.4 is 0 Å². The quantitative estimate of drug-likeness (QED) is 0.400. The summed E-state index contributed by atoms with van der Waals surface area (Å²) in [6.07, 6.45) is 0. The highest BCUT2D eigenvalue weighted by Crippen LogP contribution is 2.22. The van der Waals surface area contributed by atoms with E-state index in [1.54, 1.807) is 34.0 Å². The first-order valence-corrected chi connectivity index (χ1v) is 11.1. The number of carbonyl (C=O) groups is 1. The molecule has 7 heteroatoms. The molecule has 4 aromatic rings. The van der Waals surface area contributed by atoms with E-state index in [4.69, 9.17) is 4.74 Å². The maximum Gasteiger partial charge on any atom is 0.249 e. The predicted octanol–water partition coefficient (Wildman–Crippen LogP) is 5.16. The molecule has 0 saturated carbocycles. The molecular weight excluding hydrogens is 396 g/mol. The van der Waals surface area contributed by atoms with Gasteiger partial charge in [0.1, 0.15) is 11.6 Å². The molecule has 0 aliphatic carbocycles. The van der Waals surface area contributed by atoms with Crippen LogP contribution in [0.3, 0.4) is 0 Å². The van der Waals surface area contributed by atoms with E-state index >= 15 is 0 Å². The fourth-order valence-corrected chi connectivity index (χ4v) is 5.06. The number of carbonyl (C=O) groups excluding carboxylic acids is 1. The molecule has 0 atom stereocenters. The SMILES string of the molecule is O=C(COCc1nc2ccccc2s1)N(Cc1cccs1)Cc1cccs1. The monoisotopic (exact) mass is 414 g/mol. The third-order valence-electron chi connectivity index (χ3n) is 4.00. The van der Waals surface area contributed by atoms with Crippen molar-refractivity contribution in [1.82, 2.24) is 9.88 Å². The molecule has 0 bridgehead atoms. The Morgan fingerprint density at radius 3 is 2.30 bits per heavy atom. The highest BCUT2D eigenvalue weighted by atomic mass is 32.1. The smallest absolute Gasteiger partial charge is 0.249 e. The van der Waals surface area contributed by atoms with Crippen molar-refractivity contribution >= 4 is 50.1 Å². The number of ether oxygens (including phenoxy) is 1. The van der Waals surface area contributed by atoms with Gasteiger partial charge in [-0.2, -0.15) is 0 Å². The number of hydrogen-bond donors (Lipinski definition) is 0. The minimum atomic E-state index is -0.00193. The van der Waals surface area contributed by atoms with E-state index in [1.807, 2.05) is 52.1 Å². The largest absolute Gasteiger partial charge is 0.364 e. The Bertz CT molecular complexity index is 924. The highest BCUT2D eigenvalue weighted by molar-refractivity contribution is 7.18. The molecule has 0 saturated heterocycles. The van der Waals surface area contributed by atoms with Crippen molar-refractivity contribution < 1.29 is 9.53 Å². The van der Waals surface area contributed by atoms with Gasteiger partial charge in [0.25, 0.3) is 0 Å². The lowest BCUT2D eigenvalue weighted by Crippen LogP contribution is -2.32. The number of para-hydroxylation sites is 1. The average Bonchev–Trinajstić information content (AvgIpc) is 3.42.